The van der Waals surface area contributed by atoms with Crippen molar-refractivity contribution in [1.29, 1.82) is 0 Å². The molecule has 1 aromatic heterocycles. The van der Waals surface area contributed by atoms with E-state index in [1.807, 2.05) is 6.92 Å². The topological polar surface area (TPSA) is 114 Å². The minimum atomic E-state index is -0.366. The van der Waals surface area contributed by atoms with Crippen LogP contribution in [0.1, 0.15) is 27.6 Å². The minimum absolute atomic E-state index is 0.189. The van der Waals surface area contributed by atoms with Crippen LogP contribution in [-0.4, -0.2) is 49.6 Å². The number of carbonyl (C=O) groups excluding carboxylic acids is 2. The first-order valence-corrected chi connectivity index (χ1v) is 9.31. The molecule has 0 bridgehead atoms. The molecule has 2 aromatic carbocycles. The lowest BCUT2D eigenvalue weighted by Gasteiger charge is -2.13. The van der Waals surface area contributed by atoms with Crippen LogP contribution in [0.5, 0.6) is 11.5 Å². The summed E-state index contributed by atoms with van der Waals surface area (Å²) in [7, 11) is 4.76. The zero-order valence-electron chi connectivity index (χ0n) is 17.2. The van der Waals surface area contributed by atoms with Crippen molar-refractivity contribution in [2.75, 3.05) is 38.4 Å². The van der Waals surface area contributed by atoms with E-state index in [2.05, 4.69) is 25.9 Å². The van der Waals surface area contributed by atoms with Gasteiger partial charge in [-0.2, -0.15) is 4.98 Å². The fourth-order valence-corrected chi connectivity index (χ4v) is 2.88. The first kappa shape index (κ1) is 20.8. The Kier molecular flexibility index (Phi) is 6.31. The summed E-state index contributed by atoms with van der Waals surface area (Å²) in [6, 6.07) is 9.81. The van der Waals surface area contributed by atoms with Crippen molar-refractivity contribution in [3.05, 3.63) is 47.5 Å². The van der Waals surface area contributed by atoms with E-state index in [1.165, 1.54) is 14.2 Å². The molecule has 0 fully saturated rings. The smallest absolute Gasteiger partial charge is 0.256 e. The molecule has 0 radical (unpaired) electrons. The molecule has 0 spiro atoms. The van der Waals surface area contributed by atoms with Gasteiger partial charge < -0.3 is 25.4 Å². The molecule has 0 aliphatic carbocycles. The number of aromatic nitrogens is 2. The normalized spacial score (nSPS) is 10.4. The predicted octanol–water partition coefficient (Wildman–Crippen LogP) is 2.69. The Balaban J connectivity index is 1.95. The third-order valence-electron chi connectivity index (χ3n) is 4.40. The highest BCUT2D eigenvalue weighted by Crippen LogP contribution is 2.34. The van der Waals surface area contributed by atoms with Gasteiger partial charge in [0.15, 0.2) is 11.5 Å². The highest BCUT2D eigenvalue weighted by molar-refractivity contribution is 6.08. The molecule has 9 heteroatoms. The number of fused-ring (bicyclic) bond motifs is 1. The molecule has 0 unspecified atom stereocenters. The van der Waals surface area contributed by atoms with E-state index < -0.39 is 0 Å². The number of nitrogens with one attached hydrogen (secondary N) is 3. The molecule has 0 saturated heterocycles. The Morgan fingerprint density at radius 1 is 0.933 bits per heavy atom. The second-order valence-electron chi connectivity index (χ2n) is 6.26. The van der Waals surface area contributed by atoms with Crippen molar-refractivity contribution in [1.82, 2.24) is 15.3 Å². The molecular weight excluding hydrogens is 386 g/mol. The highest BCUT2D eigenvalue weighted by atomic mass is 16.5. The Hall–Kier alpha value is -3.88. The van der Waals surface area contributed by atoms with Crippen LogP contribution in [0.4, 0.5) is 11.8 Å². The average molecular weight is 409 g/mol. The van der Waals surface area contributed by atoms with Crippen molar-refractivity contribution in [3.8, 4) is 11.5 Å². The third-order valence-corrected chi connectivity index (χ3v) is 4.40. The van der Waals surface area contributed by atoms with Gasteiger partial charge in [-0.1, -0.05) is 0 Å². The van der Waals surface area contributed by atoms with Gasteiger partial charge in [0.05, 0.1) is 19.7 Å². The summed E-state index contributed by atoms with van der Waals surface area (Å²) in [5.41, 5.74) is 1.45. The molecule has 156 valence electrons. The lowest BCUT2D eigenvalue weighted by atomic mass is 10.1. The number of nitrogens with zero attached hydrogens (tertiary/aromatic N) is 2. The zero-order chi connectivity index (χ0) is 21.7. The van der Waals surface area contributed by atoms with Gasteiger partial charge in [-0.3, -0.25) is 9.59 Å². The van der Waals surface area contributed by atoms with Crippen molar-refractivity contribution in [2.45, 2.75) is 6.92 Å². The van der Waals surface area contributed by atoms with Crippen molar-refractivity contribution in [3.63, 3.8) is 0 Å². The molecule has 0 aliphatic rings. The Bertz CT molecular complexity index is 1080. The van der Waals surface area contributed by atoms with E-state index in [9.17, 15) is 9.59 Å². The van der Waals surface area contributed by atoms with E-state index in [0.29, 0.717) is 51.8 Å². The van der Waals surface area contributed by atoms with Gasteiger partial charge >= 0.3 is 0 Å². The van der Waals surface area contributed by atoms with Gasteiger partial charge in [0.1, 0.15) is 5.82 Å². The number of rotatable bonds is 7. The highest BCUT2D eigenvalue weighted by Gasteiger charge is 2.16. The SMILES string of the molecule is CCNC(=O)c1ccc(C(=O)Nc2nc(NC)nc3cc(OC)c(OC)cc23)cc1. The molecule has 3 N–H and O–H groups in total. The van der Waals surface area contributed by atoms with Gasteiger partial charge in [-0.15, -0.1) is 0 Å². The molecule has 30 heavy (non-hydrogen) atoms. The van der Waals surface area contributed by atoms with Crippen LogP contribution in [0.3, 0.4) is 0 Å². The number of amides is 2. The summed E-state index contributed by atoms with van der Waals surface area (Å²) in [5, 5.41) is 9.01. The van der Waals surface area contributed by atoms with Crippen LogP contribution in [0.25, 0.3) is 10.9 Å². The molecule has 0 saturated carbocycles. The second kappa shape index (κ2) is 9.08. The van der Waals surface area contributed by atoms with Gasteiger partial charge in [0, 0.05) is 36.2 Å². The molecule has 0 atom stereocenters. The van der Waals surface area contributed by atoms with Crippen molar-refractivity contribution < 1.29 is 19.1 Å². The van der Waals surface area contributed by atoms with Crippen LogP contribution >= 0.6 is 0 Å². The molecule has 3 aromatic rings. The maximum Gasteiger partial charge on any atom is 0.256 e. The van der Waals surface area contributed by atoms with Crippen molar-refractivity contribution in [2.24, 2.45) is 0 Å². The van der Waals surface area contributed by atoms with Gasteiger partial charge in [-0.05, 0) is 37.3 Å². The zero-order valence-corrected chi connectivity index (χ0v) is 17.2. The number of ether oxygens (including phenoxy) is 2. The summed E-state index contributed by atoms with van der Waals surface area (Å²) >= 11 is 0. The number of hydrogen-bond donors (Lipinski definition) is 3. The molecule has 9 nitrogen and oxygen atoms in total. The summed E-state index contributed by atoms with van der Waals surface area (Å²) in [4.78, 5) is 33.5. The lowest BCUT2D eigenvalue weighted by molar-refractivity contribution is 0.0954. The standard InChI is InChI=1S/C21H23N5O4/c1-5-23-19(27)12-6-8-13(9-7-12)20(28)25-18-14-10-16(29-3)17(30-4)11-15(14)24-21(22-2)26-18/h6-11H,5H2,1-4H3,(H,23,27)(H2,22,24,25,26,28). The lowest BCUT2D eigenvalue weighted by Crippen LogP contribution is -2.22. The first-order chi connectivity index (χ1) is 14.5. The fraction of sp³-hybridized carbons (Fsp3) is 0.238. The Morgan fingerprint density at radius 2 is 1.53 bits per heavy atom. The molecule has 3 rings (SSSR count). The summed E-state index contributed by atoms with van der Waals surface area (Å²) in [6.45, 7) is 2.37. The van der Waals surface area contributed by atoms with E-state index in [-0.39, 0.29) is 11.8 Å². The fourth-order valence-electron chi connectivity index (χ4n) is 2.88. The number of methoxy groups -OCH3 is 2. The monoisotopic (exact) mass is 409 g/mol. The maximum absolute atomic E-state index is 12.8. The van der Waals surface area contributed by atoms with E-state index in [1.54, 1.807) is 43.4 Å². The van der Waals surface area contributed by atoms with E-state index >= 15 is 0 Å². The number of carbonyl (C=O) groups is 2. The quantitative estimate of drug-likeness (QED) is 0.550. The summed E-state index contributed by atoms with van der Waals surface area (Å²) in [6.07, 6.45) is 0. The van der Waals surface area contributed by atoms with Crippen LogP contribution in [0, 0.1) is 0 Å². The average Bonchev–Trinajstić information content (AvgIpc) is 2.78. The van der Waals surface area contributed by atoms with Crippen LogP contribution in [0.15, 0.2) is 36.4 Å². The van der Waals surface area contributed by atoms with Crippen molar-refractivity contribution >= 4 is 34.5 Å². The van der Waals surface area contributed by atoms with Crippen LogP contribution in [-0.2, 0) is 0 Å². The minimum Gasteiger partial charge on any atom is -0.493 e. The van der Waals surface area contributed by atoms with Gasteiger partial charge in [0.25, 0.3) is 11.8 Å². The van der Waals surface area contributed by atoms with Gasteiger partial charge in [-0.25, -0.2) is 4.98 Å². The molecular formula is C21H23N5O4. The first-order valence-electron chi connectivity index (χ1n) is 9.31. The Morgan fingerprint density at radius 3 is 2.10 bits per heavy atom. The Labute approximate surface area is 173 Å². The van der Waals surface area contributed by atoms with E-state index in [4.69, 9.17) is 9.47 Å². The predicted molar refractivity (Wildman–Crippen MR) is 115 cm³/mol. The largest absolute Gasteiger partial charge is 0.493 e. The number of benzene rings is 2. The second-order valence-corrected chi connectivity index (χ2v) is 6.26. The summed E-state index contributed by atoms with van der Waals surface area (Å²) < 4.78 is 10.7. The van der Waals surface area contributed by atoms with Crippen LogP contribution < -0.4 is 25.4 Å². The summed E-state index contributed by atoms with van der Waals surface area (Å²) in [5.74, 6) is 1.12. The van der Waals surface area contributed by atoms with Crippen LogP contribution in [0.2, 0.25) is 0 Å². The number of anilines is 2. The van der Waals surface area contributed by atoms with E-state index in [0.717, 1.165) is 0 Å². The van der Waals surface area contributed by atoms with Gasteiger partial charge in [0.2, 0.25) is 5.95 Å². The molecule has 0 aliphatic heterocycles. The third kappa shape index (κ3) is 4.24. The molecule has 2 amide bonds. The number of hydrogen-bond acceptors (Lipinski definition) is 7. The maximum atomic E-state index is 12.8. The molecule has 1 heterocycles.